The Hall–Kier alpha value is -3.20. The van der Waals surface area contributed by atoms with Crippen molar-refractivity contribution < 1.29 is 14.3 Å². The number of carbonyl (C=O) groups excluding carboxylic acids is 2. The number of rotatable bonds is 6. The molecule has 9 nitrogen and oxygen atoms in total. The molecule has 0 saturated carbocycles. The summed E-state index contributed by atoms with van der Waals surface area (Å²) in [5.41, 5.74) is 1.73. The van der Waals surface area contributed by atoms with Gasteiger partial charge in [-0.25, -0.2) is 4.98 Å². The maximum atomic E-state index is 13.7. The minimum atomic E-state index is -0.0542. The fourth-order valence-corrected chi connectivity index (χ4v) is 4.99. The summed E-state index contributed by atoms with van der Waals surface area (Å²) in [4.78, 5) is 38.2. The molecule has 0 unspecified atom stereocenters. The van der Waals surface area contributed by atoms with Crippen molar-refractivity contribution in [1.29, 1.82) is 0 Å². The third-order valence-corrected chi connectivity index (χ3v) is 6.97. The number of benzene rings is 1. The normalized spacial score (nSPS) is 20.0. The van der Waals surface area contributed by atoms with Crippen LogP contribution in [-0.4, -0.2) is 72.1 Å². The van der Waals surface area contributed by atoms with Gasteiger partial charge < -0.3 is 20.3 Å². The van der Waals surface area contributed by atoms with Crippen molar-refractivity contribution >= 4 is 23.6 Å². The molecule has 3 aliphatic rings. The van der Waals surface area contributed by atoms with Crippen LogP contribution in [0.3, 0.4) is 0 Å². The van der Waals surface area contributed by atoms with Crippen molar-refractivity contribution in [3.8, 4) is 5.75 Å². The van der Waals surface area contributed by atoms with E-state index in [1.807, 2.05) is 23.1 Å². The molecular formula is C25H32N6O3. The van der Waals surface area contributed by atoms with Gasteiger partial charge in [-0.05, 0) is 68.1 Å². The first-order valence-corrected chi connectivity index (χ1v) is 12.2. The van der Waals surface area contributed by atoms with Crippen molar-refractivity contribution in [2.75, 3.05) is 49.5 Å². The van der Waals surface area contributed by atoms with E-state index in [1.54, 1.807) is 24.1 Å². The molecule has 2 N–H and O–H groups in total. The van der Waals surface area contributed by atoms with Crippen molar-refractivity contribution in [3.05, 3.63) is 41.6 Å². The Kier molecular flexibility index (Phi) is 6.62. The first-order chi connectivity index (χ1) is 16.6. The minimum absolute atomic E-state index is 0.0542. The molecule has 1 aromatic carbocycles. The fourth-order valence-electron chi connectivity index (χ4n) is 4.99. The van der Waals surface area contributed by atoms with Gasteiger partial charge in [-0.1, -0.05) is 0 Å². The lowest BCUT2D eigenvalue weighted by Gasteiger charge is -2.30. The molecule has 0 bridgehead atoms. The second-order valence-corrected chi connectivity index (χ2v) is 9.36. The summed E-state index contributed by atoms with van der Waals surface area (Å²) in [6.45, 7) is 6.17. The summed E-state index contributed by atoms with van der Waals surface area (Å²) in [6.07, 6.45) is 5.43. The first kappa shape index (κ1) is 22.6. The van der Waals surface area contributed by atoms with Crippen LogP contribution in [0.4, 0.5) is 11.8 Å². The third kappa shape index (κ3) is 4.99. The number of aromatic nitrogens is 2. The van der Waals surface area contributed by atoms with E-state index in [2.05, 4.69) is 15.6 Å². The van der Waals surface area contributed by atoms with Gasteiger partial charge in [0.25, 0.3) is 5.91 Å². The standard InChI is InChI=1S/C25H32N6O3/c1-17(32)30-12-7-21(16-30)28-25-27-11-6-23(29-25)31(15-18-4-9-26-10-5-18)24(33)20-2-3-22-19(14-20)8-13-34-22/h2-3,6,11,14,18,21,26H,4-5,7-10,12-13,15-16H2,1H3,(H,27,28,29)/t21-/m0/s1. The van der Waals surface area contributed by atoms with Gasteiger partial charge in [0.1, 0.15) is 11.6 Å². The summed E-state index contributed by atoms with van der Waals surface area (Å²) in [6, 6.07) is 7.60. The molecule has 4 heterocycles. The number of anilines is 2. The van der Waals surface area contributed by atoms with E-state index in [0.29, 0.717) is 42.9 Å². The van der Waals surface area contributed by atoms with E-state index in [0.717, 1.165) is 56.6 Å². The van der Waals surface area contributed by atoms with Crippen molar-refractivity contribution in [2.45, 2.75) is 38.6 Å². The fraction of sp³-hybridized carbons (Fsp3) is 0.520. The number of fused-ring (bicyclic) bond motifs is 1. The summed E-state index contributed by atoms with van der Waals surface area (Å²) >= 11 is 0. The number of hydrogen-bond donors (Lipinski definition) is 2. The number of piperidine rings is 1. The maximum Gasteiger partial charge on any atom is 0.259 e. The Morgan fingerprint density at radius 1 is 1.24 bits per heavy atom. The molecule has 2 aromatic rings. The van der Waals surface area contributed by atoms with E-state index in [-0.39, 0.29) is 17.9 Å². The van der Waals surface area contributed by atoms with Crippen LogP contribution < -0.4 is 20.3 Å². The van der Waals surface area contributed by atoms with E-state index in [1.165, 1.54) is 0 Å². The minimum Gasteiger partial charge on any atom is -0.493 e. The van der Waals surface area contributed by atoms with Crippen LogP contribution in [0, 0.1) is 5.92 Å². The maximum absolute atomic E-state index is 13.7. The lowest BCUT2D eigenvalue weighted by atomic mass is 9.97. The Morgan fingerprint density at radius 3 is 2.88 bits per heavy atom. The predicted molar refractivity (Wildman–Crippen MR) is 129 cm³/mol. The molecule has 0 aliphatic carbocycles. The zero-order chi connectivity index (χ0) is 23.5. The highest BCUT2D eigenvalue weighted by molar-refractivity contribution is 6.05. The largest absolute Gasteiger partial charge is 0.493 e. The molecule has 0 radical (unpaired) electrons. The number of nitrogens with one attached hydrogen (secondary N) is 2. The average Bonchev–Trinajstić information content (AvgIpc) is 3.52. The number of likely N-dealkylation sites (tertiary alicyclic amines) is 1. The quantitative estimate of drug-likeness (QED) is 0.675. The first-order valence-electron chi connectivity index (χ1n) is 12.2. The number of amides is 2. The van der Waals surface area contributed by atoms with Gasteiger partial charge in [-0.3, -0.25) is 14.5 Å². The highest BCUT2D eigenvalue weighted by Gasteiger charge is 2.27. The Labute approximate surface area is 199 Å². The number of nitrogens with zero attached hydrogens (tertiary/aromatic N) is 4. The zero-order valence-corrected chi connectivity index (χ0v) is 19.6. The van der Waals surface area contributed by atoms with Gasteiger partial charge in [0.15, 0.2) is 0 Å². The summed E-state index contributed by atoms with van der Waals surface area (Å²) in [5.74, 6) is 2.39. The van der Waals surface area contributed by atoms with Gasteiger partial charge in [0.2, 0.25) is 11.9 Å². The molecule has 1 atom stereocenters. The van der Waals surface area contributed by atoms with Gasteiger partial charge in [-0.2, -0.15) is 4.98 Å². The number of ether oxygens (including phenoxy) is 1. The molecular weight excluding hydrogens is 432 g/mol. The molecule has 34 heavy (non-hydrogen) atoms. The van der Waals surface area contributed by atoms with Crippen LogP contribution in [0.2, 0.25) is 0 Å². The van der Waals surface area contributed by atoms with E-state index >= 15 is 0 Å². The highest BCUT2D eigenvalue weighted by Crippen LogP contribution is 2.28. The van der Waals surface area contributed by atoms with Crippen molar-refractivity contribution in [1.82, 2.24) is 20.2 Å². The summed E-state index contributed by atoms with van der Waals surface area (Å²) in [5, 5.41) is 6.75. The monoisotopic (exact) mass is 464 g/mol. The Bertz CT molecular complexity index is 1050. The van der Waals surface area contributed by atoms with E-state index < -0.39 is 0 Å². The number of hydrogen-bond acceptors (Lipinski definition) is 7. The topological polar surface area (TPSA) is 99.7 Å². The average molecular weight is 465 g/mol. The SMILES string of the molecule is CC(=O)N1CC[C@H](Nc2nccc(N(CC3CCNCC3)C(=O)c3ccc4c(c3)CCO4)n2)C1. The van der Waals surface area contributed by atoms with E-state index in [9.17, 15) is 9.59 Å². The molecule has 5 rings (SSSR count). The third-order valence-electron chi connectivity index (χ3n) is 6.97. The smallest absolute Gasteiger partial charge is 0.259 e. The molecule has 1 aromatic heterocycles. The van der Waals surface area contributed by atoms with E-state index in [4.69, 9.17) is 9.72 Å². The van der Waals surface area contributed by atoms with Crippen LogP contribution in [-0.2, 0) is 11.2 Å². The molecule has 180 valence electrons. The lowest BCUT2D eigenvalue weighted by molar-refractivity contribution is -0.127. The van der Waals surface area contributed by atoms with Gasteiger partial charge in [0, 0.05) is 50.8 Å². The Balaban J connectivity index is 1.38. The Morgan fingerprint density at radius 2 is 2.09 bits per heavy atom. The van der Waals surface area contributed by atoms with Gasteiger partial charge >= 0.3 is 0 Å². The zero-order valence-electron chi connectivity index (χ0n) is 19.6. The van der Waals surface area contributed by atoms with Crippen LogP contribution >= 0.6 is 0 Å². The molecule has 9 heteroatoms. The second-order valence-electron chi connectivity index (χ2n) is 9.36. The molecule has 2 saturated heterocycles. The molecule has 2 fully saturated rings. The van der Waals surface area contributed by atoms with Gasteiger partial charge in [0.05, 0.1) is 6.61 Å². The van der Waals surface area contributed by atoms with Crippen LogP contribution in [0.25, 0.3) is 0 Å². The second kappa shape index (κ2) is 9.97. The summed E-state index contributed by atoms with van der Waals surface area (Å²) < 4.78 is 5.62. The predicted octanol–water partition coefficient (Wildman–Crippen LogP) is 2.09. The molecule has 0 spiro atoms. The molecule has 2 amide bonds. The molecule has 3 aliphatic heterocycles. The van der Waals surface area contributed by atoms with Crippen LogP contribution in [0.1, 0.15) is 42.1 Å². The van der Waals surface area contributed by atoms with Gasteiger partial charge in [-0.15, -0.1) is 0 Å². The van der Waals surface area contributed by atoms with Crippen molar-refractivity contribution in [2.24, 2.45) is 5.92 Å². The number of carbonyl (C=O) groups is 2. The van der Waals surface area contributed by atoms with Crippen LogP contribution in [0.15, 0.2) is 30.5 Å². The highest BCUT2D eigenvalue weighted by atomic mass is 16.5. The lowest BCUT2D eigenvalue weighted by Crippen LogP contribution is -2.40. The summed E-state index contributed by atoms with van der Waals surface area (Å²) in [7, 11) is 0. The van der Waals surface area contributed by atoms with Crippen molar-refractivity contribution in [3.63, 3.8) is 0 Å². The van der Waals surface area contributed by atoms with Crippen LogP contribution in [0.5, 0.6) is 5.75 Å².